The van der Waals surface area contributed by atoms with Crippen LogP contribution in [0, 0.1) is 20.8 Å². The minimum atomic E-state index is -0.444. The molecular formula is C22H21NO4. The van der Waals surface area contributed by atoms with Crippen LogP contribution in [0.15, 0.2) is 60.8 Å². The van der Waals surface area contributed by atoms with E-state index in [-0.39, 0.29) is 6.61 Å². The first-order valence-corrected chi connectivity index (χ1v) is 8.62. The number of aryl methyl sites for hydroxylation is 2. The zero-order valence-electron chi connectivity index (χ0n) is 15.6. The van der Waals surface area contributed by atoms with E-state index in [4.69, 9.17) is 14.2 Å². The summed E-state index contributed by atoms with van der Waals surface area (Å²) in [7, 11) is 0. The number of esters is 1. The summed E-state index contributed by atoms with van der Waals surface area (Å²) in [6.45, 7) is 5.66. The third-order valence-electron chi connectivity index (χ3n) is 4.13. The van der Waals surface area contributed by atoms with Gasteiger partial charge in [-0.2, -0.15) is 0 Å². The van der Waals surface area contributed by atoms with Gasteiger partial charge in [0.2, 0.25) is 5.88 Å². The first-order chi connectivity index (χ1) is 13.0. The Kier molecular flexibility index (Phi) is 5.71. The number of ether oxygens (including phenoxy) is 3. The fourth-order valence-electron chi connectivity index (χ4n) is 2.50. The molecule has 1 heterocycles. The van der Waals surface area contributed by atoms with Crippen molar-refractivity contribution >= 4 is 5.97 Å². The predicted octanol–water partition coefficient (Wildman–Crippen LogP) is 4.78. The standard InChI is InChI=1S/C22H21NO4/c1-15-7-8-16(2)22(17(15)3)27-21(24)14-25-18-9-11-19(12-10-18)26-20-6-4-5-13-23-20/h4-13H,14H2,1-3H3. The van der Waals surface area contributed by atoms with Crippen LogP contribution in [0.3, 0.4) is 0 Å². The third kappa shape index (κ3) is 4.85. The molecule has 0 spiro atoms. The van der Waals surface area contributed by atoms with Crippen LogP contribution in [0.4, 0.5) is 0 Å². The van der Waals surface area contributed by atoms with Gasteiger partial charge >= 0.3 is 5.97 Å². The molecule has 0 saturated carbocycles. The monoisotopic (exact) mass is 363 g/mol. The van der Waals surface area contributed by atoms with E-state index < -0.39 is 5.97 Å². The summed E-state index contributed by atoms with van der Waals surface area (Å²) in [5.74, 6) is 1.86. The molecule has 0 radical (unpaired) electrons. The molecular weight excluding hydrogens is 342 g/mol. The number of aromatic nitrogens is 1. The molecule has 2 aromatic carbocycles. The molecule has 0 N–H and O–H groups in total. The lowest BCUT2D eigenvalue weighted by Gasteiger charge is -2.13. The number of benzene rings is 2. The SMILES string of the molecule is Cc1ccc(C)c(OC(=O)COc2ccc(Oc3ccccn3)cc2)c1C. The highest BCUT2D eigenvalue weighted by Crippen LogP contribution is 2.26. The maximum atomic E-state index is 12.1. The summed E-state index contributed by atoms with van der Waals surface area (Å²) in [6.07, 6.45) is 1.66. The minimum absolute atomic E-state index is 0.173. The normalized spacial score (nSPS) is 10.3. The Morgan fingerprint density at radius 2 is 1.59 bits per heavy atom. The quantitative estimate of drug-likeness (QED) is 0.466. The van der Waals surface area contributed by atoms with Crippen LogP contribution in [-0.4, -0.2) is 17.6 Å². The number of nitrogens with zero attached hydrogens (tertiary/aromatic N) is 1. The maximum Gasteiger partial charge on any atom is 0.349 e. The largest absolute Gasteiger partial charge is 0.482 e. The van der Waals surface area contributed by atoms with Crippen molar-refractivity contribution in [3.8, 4) is 23.1 Å². The van der Waals surface area contributed by atoms with Crippen LogP contribution < -0.4 is 14.2 Å². The van der Waals surface area contributed by atoms with Gasteiger partial charge in [-0.3, -0.25) is 0 Å². The van der Waals surface area contributed by atoms with Crippen molar-refractivity contribution in [2.75, 3.05) is 6.61 Å². The molecule has 5 heteroatoms. The number of hydrogen-bond donors (Lipinski definition) is 0. The molecule has 3 aromatic rings. The van der Waals surface area contributed by atoms with E-state index in [0.717, 1.165) is 16.7 Å². The van der Waals surface area contributed by atoms with Gasteiger partial charge in [0, 0.05) is 12.3 Å². The topological polar surface area (TPSA) is 57.7 Å². The summed E-state index contributed by atoms with van der Waals surface area (Å²) in [5.41, 5.74) is 2.95. The molecule has 0 aliphatic carbocycles. The van der Waals surface area contributed by atoms with Gasteiger partial charge in [-0.1, -0.05) is 18.2 Å². The number of hydrogen-bond acceptors (Lipinski definition) is 5. The third-order valence-corrected chi connectivity index (χ3v) is 4.13. The lowest BCUT2D eigenvalue weighted by molar-refractivity contribution is -0.136. The number of pyridine rings is 1. The van der Waals surface area contributed by atoms with Crippen LogP contribution >= 0.6 is 0 Å². The van der Waals surface area contributed by atoms with Crippen LogP contribution in [0.5, 0.6) is 23.1 Å². The molecule has 1 aromatic heterocycles. The zero-order valence-corrected chi connectivity index (χ0v) is 15.6. The van der Waals surface area contributed by atoms with Crippen LogP contribution in [0.2, 0.25) is 0 Å². The number of rotatable bonds is 6. The fraction of sp³-hybridized carbons (Fsp3) is 0.182. The molecule has 3 rings (SSSR count). The minimum Gasteiger partial charge on any atom is -0.482 e. The van der Waals surface area contributed by atoms with Crippen molar-refractivity contribution in [3.63, 3.8) is 0 Å². The van der Waals surface area contributed by atoms with E-state index in [0.29, 0.717) is 23.1 Å². The van der Waals surface area contributed by atoms with Crippen molar-refractivity contribution in [1.29, 1.82) is 0 Å². The van der Waals surface area contributed by atoms with Crippen molar-refractivity contribution in [1.82, 2.24) is 4.98 Å². The number of carbonyl (C=O) groups is 1. The Bertz CT molecular complexity index is 921. The molecule has 0 atom stereocenters. The number of carbonyl (C=O) groups excluding carboxylic acids is 1. The molecule has 5 nitrogen and oxygen atoms in total. The second-order valence-electron chi connectivity index (χ2n) is 6.16. The van der Waals surface area contributed by atoms with Gasteiger partial charge in [-0.25, -0.2) is 9.78 Å². The van der Waals surface area contributed by atoms with Gasteiger partial charge in [0.15, 0.2) is 6.61 Å². The highest BCUT2D eigenvalue weighted by Gasteiger charge is 2.12. The molecule has 0 aliphatic rings. The highest BCUT2D eigenvalue weighted by molar-refractivity contribution is 5.75. The smallest absolute Gasteiger partial charge is 0.349 e. The van der Waals surface area contributed by atoms with Gasteiger partial charge in [-0.05, 0) is 67.8 Å². The van der Waals surface area contributed by atoms with Gasteiger partial charge in [0.25, 0.3) is 0 Å². The first kappa shape index (κ1) is 18.5. The van der Waals surface area contributed by atoms with E-state index in [2.05, 4.69) is 4.98 Å². The summed E-state index contributed by atoms with van der Waals surface area (Å²) >= 11 is 0. The van der Waals surface area contributed by atoms with Crippen LogP contribution in [0.1, 0.15) is 16.7 Å². The fourth-order valence-corrected chi connectivity index (χ4v) is 2.50. The first-order valence-electron chi connectivity index (χ1n) is 8.62. The van der Waals surface area contributed by atoms with Crippen molar-refractivity contribution in [2.45, 2.75) is 20.8 Å². The summed E-state index contributed by atoms with van der Waals surface area (Å²) in [6, 6.07) is 16.4. The van der Waals surface area contributed by atoms with Gasteiger partial charge in [-0.15, -0.1) is 0 Å². The lowest BCUT2D eigenvalue weighted by Crippen LogP contribution is -2.18. The van der Waals surface area contributed by atoms with E-state index in [1.807, 2.05) is 45.0 Å². The molecule has 0 aliphatic heterocycles. The Morgan fingerprint density at radius 1 is 0.889 bits per heavy atom. The molecule has 0 saturated heterocycles. The maximum absolute atomic E-state index is 12.1. The van der Waals surface area contributed by atoms with E-state index in [1.165, 1.54) is 0 Å². The summed E-state index contributed by atoms with van der Waals surface area (Å²) in [4.78, 5) is 16.2. The molecule has 0 bridgehead atoms. The Balaban J connectivity index is 1.56. The Labute approximate surface area is 158 Å². The van der Waals surface area contributed by atoms with Crippen molar-refractivity contribution in [2.24, 2.45) is 0 Å². The summed E-state index contributed by atoms with van der Waals surface area (Å²) < 4.78 is 16.6. The van der Waals surface area contributed by atoms with E-state index in [1.54, 1.807) is 36.5 Å². The Hall–Kier alpha value is -3.34. The average Bonchev–Trinajstić information content (AvgIpc) is 2.68. The van der Waals surface area contributed by atoms with E-state index in [9.17, 15) is 4.79 Å². The molecule has 27 heavy (non-hydrogen) atoms. The van der Waals surface area contributed by atoms with Crippen molar-refractivity contribution < 1.29 is 19.0 Å². The van der Waals surface area contributed by atoms with Crippen LogP contribution in [-0.2, 0) is 4.79 Å². The second kappa shape index (κ2) is 8.36. The van der Waals surface area contributed by atoms with Gasteiger partial charge in [0.1, 0.15) is 17.2 Å². The van der Waals surface area contributed by atoms with Gasteiger partial charge in [0.05, 0.1) is 0 Å². The molecule has 0 unspecified atom stereocenters. The zero-order chi connectivity index (χ0) is 19.2. The molecule has 0 amide bonds. The predicted molar refractivity (Wildman–Crippen MR) is 103 cm³/mol. The van der Waals surface area contributed by atoms with E-state index >= 15 is 0 Å². The van der Waals surface area contributed by atoms with Crippen molar-refractivity contribution in [3.05, 3.63) is 77.5 Å². The van der Waals surface area contributed by atoms with Gasteiger partial charge < -0.3 is 14.2 Å². The molecule has 138 valence electrons. The summed E-state index contributed by atoms with van der Waals surface area (Å²) in [5, 5.41) is 0. The lowest BCUT2D eigenvalue weighted by atomic mass is 10.1. The Morgan fingerprint density at radius 3 is 2.30 bits per heavy atom. The molecule has 0 fully saturated rings. The second-order valence-corrected chi connectivity index (χ2v) is 6.16. The van der Waals surface area contributed by atoms with Crippen LogP contribution in [0.25, 0.3) is 0 Å². The highest BCUT2D eigenvalue weighted by atomic mass is 16.6. The average molecular weight is 363 g/mol.